The molecule has 0 atom stereocenters. The normalized spacial score (nSPS) is 10.1. The minimum absolute atomic E-state index is 0.0577. The van der Waals surface area contributed by atoms with E-state index in [9.17, 15) is 14.3 Å². The van der Waals surface area contributed by atoms with Crippen LogP contribution in [0, 0.1) is 9.39 Å². The van der Waals surface area contributed by atoms with E-state index in [0.29, 0.717) is 14.8 Å². The Morgan fingerprint density at radius 3 is 2.44 bits per heavy atom. The van der Waals surface area contributed by atoms with Crippen molar-refractivity contribution < 1.29 is 14.3 Å². The predicted molar refractivity (Wildman–Crippen MR) is 75.2 cm³/mol. The number of halogens is 2. The maximum Gasteiger partial charge on any atom is 0.255 e. The third-order valence-electron chi connectivity index (χ3n) is 2.31. The molecule has 0 bridgehead atoms. The van der Waals surface area contributed by atoms with Gasteiger partial charge in [-0.15, -0.1) is 0 Å². The van der Waals surface area contributed by atoms with Crippen molar-refractivity contribution in [3.63, 3.8) is 0 Å². The van der Waals surface area contributed by atoms with E-state index in [1.165, 1.54) is 30.3 Å². The lowest BCUT2D eigenvalue weighted by Crippen LogP contribution is -2.11. The molecule has 2 rings (SSSR count). The number of carbonyl (C=O) groups is 1. The number of phenols is 1. The first-order valence-electron chi connectivity index (χ1n) is 5.12. The second-order valence-electron chi connectivity index (χ2n) is 3.63. The van der Waals surface area contributed by atoms with Gasteiger partial charge in [0.15, 0.2) is 0 Å². The van der Waals surface area contributed by atoms with Crippen LogP contribution < -0.4 is 5.32 Å². The smallest absolute Gasteiger partial charge is 0.255 e. The van der Waals surface area contributed by atoms with Crippen LogP contribution in [-0.2, 0) is 0 Å². The molecule has 0 saturated carbocycles. The Morgan fingerprint density at radius 1 is 1.17 bits per heavy atom. The van der Waals surface area contributed by atoms with Crippen molar-refractivity contribution in [3.8, 4) is 5.75 Å². The van der Waals surface area contributed by atoms with Gasteiger partial charge in [-0.25, -0.2) is 4.39 Å². The quantitative estimate of drug-likeness (QED) is 0.810. The molecule has 1 amide bonds. The molecule has 0 aliphatic rings. The van der Waals surface area contributed by atoms with Gasteiger partial charge in [0, 0.05) is 11.3 Å². The lowest BCUT2D eigenvalue weighted by Gasteiger charge is -2.06. The van der Waals surface area contributed by atoms with E-state index >= 15 is 0 Å². The number of hydrogen-bond donors (Lipinski definition) is 2. The van der Waals surface area contributed by atoms with Crippen LogP contribution in [0.25, 0.3) is 0 Å². The summed E-state index contributed by atoms with van der Waals surface area (Å²) in [4.78, 5) is 11.8. The first-order valence-corrected chi connectivity index (χ1v) is 6.19. The lowest BCUT2D eigenvalue weighted by atomic mass is 10.2. The SMILES string of the molecule is O=C(Nc1ccc(F)cc1)c1ccc(I)c(O)c1. The molecule has 0 aromatic heterocycles. The van der Waals surface area contributed by atoms with E-state index in [4.69, 9.17) is 0 Å². The molecule has 18 heavy (non-hydrogen) atoms. The number of hydrogen-bond acceptors (Lipinski definition) is 2. The molecule has 2 aromatic carbocycles. The fraction of sp³-hybridized carbons (Fsp3) is 0. The largest absolute Gasteiger partial charge is 0.507 e. The molecule has 0 spiro atoms. The van der Waals surface area contributed by atoms with Crippen molar-refractivity contribution in [3.05, 3.63) is 57.4 Å². The van der Waals surface area contributed by atoms with Crippen LogP contribution in [-0.4, -0.2) is 11.0 Å². The molecule has 2 aromatic rings. The molecular formula is C13H9FINO2. The van der Waals surface area contributed by atoms with Crippen molar-refractivity contribution in [2.45, 2.75) is 0 Å². The molecule has 3 nitrogen and oxygen atoms in total. The third kappa shape index (κ3) is 2.98. The third-order valence-corrected chi connectivity index (χ3v) is 3.22. The van der Waals surface area contributed by atoms with Gasteiger partial charge in [-0.1, -0.05) is 0 Å². The molecule has 0 heterocycles. The fourth-order valence-corrected chi connectivity index (χ4v) is 1.73. The van der Waals surface area contributed by atoms with Gasteiger partial charge in [0.25, 0.3) is 5.91 Å². The molecule has 0 aliphatic carbocycles. The van der Waals surface area contributed by atoms with Gasteiger partial charge in [-0.2, -0.15) is 0 Å². The predicted octanol–water partition coefficient (Wildman–Crippen LogP) is 3.39. The number of nitrogens with one attached hydrogen (secondary N) is 1. The molecule has 0 unspecified atom stereocenters. The number of phenolic OH excluding ortho intramolecular Hbond substituents is 1. The Labute approximate surface area is 117 Å². The van der Waals surface area contributed by atoms with Crippen LogP contribution in [0.5, 0.6) is 5.75 Å². The van der Waals surface area contributed by atoms with Crippen molar-refractivity contribution in [1.29, 1.82) is 0 Å². The monoisotopic (exact) mass is 357 g/mol. The number of benzene rings is 2. The summed E-state index contributed by atoms with van der Waals surface area (Å²) >= 11 is 1.97. The second-order valence-corrected chi connectivity index (χ2v) is 4.79. The Bertz CT molecular complexity index is 584. The van der Waals surface area contributed by atoms with Gasteiger partial charge in [0.2, 0.25) is 0 Å². The zero-order valence-corrected chi connectivity index (χ0v) is 11.3. The average molecular weight is 357 g/mol. The summed E-state index contributed by atoms with van der Waals surface area (Å²) in [5.74, 6) is -0.657. The van der Waals surface area contributed by atoms with E-state index in [1.54, 1.807) is 12.1 Å². The standard InChI is InChI=1S/C13H9FINO2/c14-9-2-4-10(5-3-9)16-13(18)8-1-6-11(15)12(17)7-8/h1-7,17H,(H,16,18). The minimum Gasteiger partial charge on any atom is -0.507 e. The number of anilines is 1. The summed E-state index contributed by atoms with van der Waals surface area (Å²) in [6, 6.07) is 10.1. The fourth-order valence-electron chi connectivity index (χ4n) is 1.39. The molecule has 2 N–H and O–H groups in total. The zero-order valence-electron chi connectivity index (χ0n) is 9.15. The van der Waals surface area contributed by atoms with Crippen LogP contribution in [0.3, 0.4) is 0 Å². The van der Waals surface area contributed by atoms with Crippen LogP contribution in [0.1, 0.15) is 10.4 Å². The Hall–Kier alpha value is -1.63. The summed E-state index contributed by atoms with van der Waals surface area (Å²) in [5.41, 5.74) is 0.844. The Morgan fingerprint density at radius 2 is 1.83 bits per heavy atom. The highest BCUT2D eigenvalue weighted by Gasteiger charge is 2.08. The Balaban J connectivity index is 2.16. The van der Waals surface area contributed by atoms with Crippen LogP contribution in [0.2, 0.25) is 0 Å². The maximum absolute atomic E-state index is 12.7. The van der Waals surface area contributed by atoms with Gasteiger partial charge in [-0.05, 0) is 65.1 Å². The van der Waals surface area contributed by atoms with Crippen LogP contribution >= 0.6 is 22.6 Å². The highest BCUT2D eigenvalue weighted by atomic mass is 127. The molecule has 0 fully saturated rings. The minimum atomic E-state index is -0.361. The van der Waals surface area contributed by atoms with Crippen molar-refractivity contribution in [1.82, 2.24) is 0 Å². The summed E-state index contributed by atoms with van der Waals surface area (Å²) in [5, 5.41) is 12.1. The van der Waals surface area contributed by atoms with E-state index in [1.807, 2.05) is 22.6 Å². The average Bonchev–Trinajstić information content (AvgIpc) is 2.35. The van der Waals surface area contributed by atoms with Crippen LogP contribution in [0.15, 0.2) is 42.5 Å². The topological polar surface area (TPSA) is 49.3 Å². The zero-order chi connectivity index (χ0) is 13.1. The lowest BCUT2D eigenvalue weighted by molar-refractivity contribution is 0.102. The van der Waals surface area contributed by atoms with Gasteiger partial charge in [0.1, 0.15) is 11.6 Å². The molecule has 92 valence electrons. The van der Waals surface area contributed by atoms with Gasteiger partial charge in [-0.3, -0.25) is 4.79 Å². The highest BCUT2D eigenvalue weighted by molar-refractivity contribution is 14.1. The molecule has 5 heteroatoms. The first-order chi connectivity index (χ1) is 8.56. The maximum atomic E-state index is 12.7. The number of aromatic hydroxyl groups is 1. The van der Waals surface area contributed by atoms with Crippen molar-refractivity contribution >= 4 is 34.2 Å². The summed E-state index contributed by atoms with van der Waals surface area (Å²) in [6.45, 7) is 0. The first kappa shape index (κ1) is 12.8. The van der Waals surface area contributed by atoms with Gasteiger partial charge in [0.05, 0.1) is 3.57 Å². The summed E-state index contributed by atoms with van der Waals surface area (Å²) < 4.78 is 13.4. The summed E-state index contributed by atoms with van der Waals surface area (Å²) in [7, 11) is 0. The van der Waals surface area contributed by atoms with E-state index in [0.717, 1.165) is 0 Å². The van der Waals surface area contributed by atoms with E-state index in [-0.39, 0.29) is 17.5 Å². The van der Waals surface area contributed by atoms with E-state index < -0.39 is 0 Å². The number of amides is 1. The summed E-state index contributed by atoms with van der Waals surface area (Å²) in [6.07, 6.45) is 0. The van der Waals surface area contributed by atoms with Gasteiger partial charge < -0.3 is 10.4 Å². The molecular weight excluding hydrogens is 348 g/mol. The van der Waals surface area contributed by atoms with Crippen molar-refractivity contribution in [2.75, 3.05) is 5.32 Å². The number of carbonyl (C=O) groups excluding carboxylic acids is 1. The van der Waals surface area contributed by atoms with Crippen LogP contribution in [0.4, 0.5) is 10.1 Å². The van der Waals surface area contributed by atoms with Gasteiger partial charge >= 0.3 is 0 Å². The van der Waals surface area contributed by atoms with E-state index in [2.05, 4.69) is 5.32 Å². The highest BCUT2D eigenvalue weighted by Crippen LogP contribution is 2.21. The Kier molecular flexibility index (Phi) is 3.81. The van der Waals surface area contributed by atoms with Crippen molar-refractivity contribution in [2.24, 2.45) is 0 Å². The number of rotatable bonds is 2. The molecule has 0 radical (unpaired) electrons. The second kappa shape index (κ2) is 5.34. The molecule has 0 saturated heterocycles. The molecule has 0 aliphatic heterocycles.